The lowest BCUT2D eigenvalue weighted by Gasteiger charge is -2.11. The van der Waals surface area contributed by atoms with Gasteiger partial charge in [-0.3, -0.25) is 9.78 Å². The third-order valence-corrected chi connectivity index (χ3v) is 4.58. The minimum Gasteiger partial charge on any atom is -0.493 e. The first-order valence-electron chi connectivity index (χ1n) is 8.83. The Balaban J connectivity index is 1.87. The Bertz CT molecular complexity index is 1260. The Morgan fingerprint density at radius 1 is 1.29 bits per heavy atom. The predicted molar refractivity (Wildman–Crippen MR) is 118 cm³/mol. The minimum atomic E-state index is -0.572. The number of nitriles is 2. The summed E-state index contributed by atoms with van der Waals surface area (Å²) in [5.74, 6) is 0.904. The van der Waals surface area contributed by atoms with Gasteiger partial charge in [-0.15, -0.1) is 0 Å². The van der Waals surface area contributed by atoms with Crippen LogP contribution in [0, 0.1) is 22.7 Å². The molecule has 0 saturated heterocycles. The van der Waals surface area contributed by atoms with E-state index in [2.05, 4.69) is 36.4 Å². The molecule has 0 aliphatic carbocycles. The van der Waals surface area contributed by atoms with Crippen molar-refractivity contribution in [2.45, 2.75) is 0 Å². The van der Waals surface area contributed by atoms with Crippen LogP contribution in [-0.2, 0) is 0 Å². The Labute approximate surface area is 185 Å². The number of rotatable bonds is 7. The van der Waals surface area contributed by atoms with E-state index in [0.717, 1.165) is 0 Å². The summed E-state index contributed by atoms with van der Waals surface area (Å²) in [5, 5.41) is 22.1. The first-order valence-corrected chi connectivity index (χ1v) is 9.63. The third-order valence-electron chi connectivity index (χ3n) is 4.00. The number of anilines is 1. The zero-order valence-corrected chi connectivity index (χ0v) is 17.8. The molecule has 2 aromatic carbocycles. The highest BCUT2D eigenvalue weighted by Gasteiger charge is 2.13. The number of halogens is 1. The molecule has 0 aliphatic rings. The summed E-state index contributed by atoms with van der Waals surface area (Å²) in [6.07, 6.45) is 1.49. The molecule has 0 unspecified atom stereocenters. The summed E-state index contributed by atoms with van der Waals surface area (Å²) in [6.45, 7) is -0.120. The smallest absolute Gasteiger partial charge is 0.270 e. The zero-order valence-electron chi connectivity index (χ0n) is 16.2. The van der Waals surface area contributed by atoms with Crippen LogP contribution in [0.25, 0.3) is 11.3 Å². The van der Waals surface area contributed by atoms with Gasteiger partial charge in [0.1, 0.15) is 17.7 Å². The van der Waals surface area contributed by atoms with Crippen molar-refractivity contribution in [2.75, 3.05) is 19.1 Å². The molecule has 0 saturated carbocycles. The minimum absolute atomic E-state index is 0.0812. The average Bonchev–Trinajstić information content (AvgIpc) is 2.78. The van der Waals surface area contributed by atoms with Crippen molar-refractivity contribution in [1.29, 1.82) is 10.5 Å². The second kappa shape index (κ2) is 10.1. The van der Waals surface area contributed by atoms with E-state index in [1.165, 1.54) is 13.3 Å². The molecule has 1 aromatic heterocycles. The van der Waals surface area contributed by atoms with Crippen LogP contribution in [0.5, 0.6) is 11.5 Å². The average molecular weight is 479 g/mol. The van der Waals surface area contributed by atoms with E-state index in [4.69, 9.17) is 14.7 Å². The molecule has 0 atom stereocenters. The number of hydrogen-bond acceptors (Lipinski definition) is 8. The maximum absolute atomic E-state index is 12.3. The van der Waals surface area contributed by atoms with Crippen LogP contribution in [0.2, 0.25) is 0 Å². The lowest BCUT2D eigenvalue weighted by atomic mass is 10.1. The highest BCUT2D eigenvalue weighted by molar-refractivity contribution is 9.10. The Morgan fingerprint density at radius 3 is 2.74 bits per heavy atom. The number of H-pyrrole nitrogens is 1. The van der Waals surface area contributed by atoms with Gasteiger partial charge in [0.2, 0.25) is 5.95 Å². The fourth-order valence-corrected chi connectivity index (χ4v) is 3.24. The lowest BCUT2D eigenvalue weighted by molar-refractivity contribution is 0.327. The number of aromatic amines is 1. The van der Waals surface area contributed by atoms with E-state index in [9.17, 15) is 10.1 Å². The predicted octanol–water partition coefficient (Wildman–Crippen LogP) is 3.43. The molecular weight excluding hydrogens is 464 g/mol. The topological polar surface area (TPSA) is 136 Å². The first kappa shape index (κ1) is 21.6. The Kier molecular flexibility index (Phi) is 6.99. The van der Waals surface area contributed by atoms with Crippen molar-refractivity contribution in [1.82, 2.24) is 9.97 Å². The van der Waals surface area contributed by atoms with E-state index >= 15 is 0 Å². The van der Waals surface area contributed by atoms with Crippen LogP contribution in [0.4, 0.5) is 5.95 Å². The molecule has 3 rings (SSSR count). The van der Waals surface area contributed by atoms with Gasteiger partial charge in [-0.1, -0.05) is 30.3 Å². The number of methoxy groups -OCH3 is 1. The maximum Gasteiger partial charge on any atom is 0.270 e. The molecule has 0 aliphatic heterocycles. The molecule has 2 N–H and O–H groups in total. The molecule has 154 valence electrons. The zero-order chi connectivity index (χ0) is 22.2. The van der Waals surface area contributed by atoms with E-state index in [1.54, 1.807) is 36.4 Å². The summed E-state index contributed by atoms with van der Waals surface area (Å²) >= 11 is 3.38. The SMILES string of the molecule is COc1cc(C=NNc2nc(-c3ccccc3)c(C#N)c(=O)[nH]2)cc(Br)c1OCC#N. The number of nitrogens with one attached hydrogen (secondary N) is 2. The van der Waals surface area contributed by atoms with Gasteiger partial charge in [0.15, 0.2) is 18.1 Å². The monoisotopic (exact) mass is 478 g/mol. The number of hydrogen-bond donors (Lipinski definition) is 2. The number of ether oxygens (including phenoxy) is 2. The normalized spacial score (nSPS) is 10.3. The molecule has 10 heteroatoms. The number of benzene rings is 2. The van der Waals surface area contributed by atoms with E-state index in [0.29, 0.717) is 27.1 Å². The second-order valence-corrected chi connectivity index (χ2v) is 6.82. The maximum atomic E-state index is 12.3. The summed E-state index contributed by atoms with van der Waals surface area (Å²) in [7, 11) is 1.48. The van der Waals surface area contributed by atoms with Crippen LogP contribution in [-0.4, -0.2) is 29.9 Å². The van der Waals surface area contributed by atoms with Gasteiger partial charge in [-0.05, 0) is 33.6 Å². The summed E-state index contributed by atoms with van der Waals surface area (Å²) in [4.78, 5) is 19.1. The third kappa shape index (κ3) is 5.07. The largest absolute Gasteiger partial charge is 0.493 e. The number of nitrogens with zero attached hydrogens (tertiary/aromatic N) is 4. The van der Waals surface area contributed by atoms with Crippen LogP contribution in [0.3, 0.4) is 0 Å². The van der Waals surface area contributed by atoms with Gasteiger partial charge < -0.3 is 9.47 Å². The fraction of sp³-hybridized carbons (Fsp3) is 0.0952. The Morgan fingerprint density at radius 2 is 2.06 bits per heavy atom. The highest BCUT2D eigenvalue weighted by atomic mass is 79.9. The van der Waals surface area contributed by atoms with Crippen molar-refractivity contribution >= 4 is 28.1 Å². The van der Waals surface area contributed by atoms with Crippen molar-refractivity contribution < 1.29 is 9.47 Å². The van der Waals surface area contributed by atoms with Crippen molar-refractivity contribution in [3.8, 4) is 34.9 Å². The molecule has 0 bridgehead atoms. The first-order chi connectivity index (χ1) is 15.1. The molecule has 0 radical (unpaired) electrons. The molecule has 1 heterocycles. The molecule has 31 heavy (non-hydrogen) atoms. The molecule has 0 spiro atoms. The van der Waals surface area contributed by atoms with Gasteiger partial charge in [0, 0.05) is 5.56 Å². The van der Waals surface area contributed by atoms with Gasteiger partial charge in [0.25, 0.3) is 5.56 Å². The van der Waals surface area contributed by atoms with Crippen LogP contribution < -0.4 is 20.5 Å². The summed E-state index contributed by atoms with van der Waals surface area (Å²) in [5.41, 5.74) is 3.56. The van der Waals surface area contributed by atoms with Crippen LogP contribution in [0.15, 0.2) is 56.8 Å². The molecule has 3 aromatic rings. The molecule has 9 nitrogen and oxygen atoms in total. The van der Waals surface area contributed by atoms with Crippen LogP contribution in [0.1, 0.15) is 11.1 Å². The molecular formula is C21H15BrN6O3. The summed E-state index contributed by atoms with van der Waals surface area (Å²) in [6, 6.07) is 16.1. The van der Waals surface area contributed by atoms with Gasteiger partial charge in [-0.25, -0.2) is 10.4 Å². The van der Waals surface area contributed by atoms with E-state index in [1.807, 2.05) is 18.2 Å². The van der Waals surface area contributed by atoms with Gasteiger partial charge >= 0.3 is 0 Å². The number of aromatic nitrogens is 2. The standard InChI is InChI=1S/C21H15BrN6O3/c1-30-17-10-13(9-16(22)19(17)31-8-7-23)12-25-28-21-26-18(14-5-3-2-4-6-14)15(11-24)20(29)27-21/h2-6,9-10,12H,8H2,1H3,(H2,26,27,28,29). The summed E-state index contributed by atoms with van der Waals surface area (Å²) < 4.78 is 11.2. The van der Waals surface area contributed by atoms with Crippen molar-refractivity contribution in [3.63, 3.8) is 0 Å². The lowest BCUT2D eigenvalue weighted by Crippen LogP contribution is -2.16. The molecule has 0 fully saturated rings. The van der Waals surface area contributed by atoms with E-state index in [-0.39, 0.29) is 23.8 Å². The quantitative estimate of drug-likeness (QED) is 0.391. The molecule has 0 amide bonds. The van der Waals surface area contributed by atoms with Crippen molar-refractivity contribution in [2.24, 2.45) is 5.10 Å². The van der Waals surface area contributed by atoms with Gasteiger partial charge in [-0.2, -0.15) is 15.6 Å². The van der Waals surface area contributed by atoms with Crippen molar-refractivity contribution in [3.05, 3.63) is 68.4 Å². The van der Waals surface area contributed by atoms with Gasteiger partial charge in [0.05, 0.1) is 23.5 Å². The number of hydrazone groups is 1. The fourth-order valence-electron chi connectivity index (χ4n) is 2.66. The highest BCUT2D eigenvalue weighted by Crippen LogP contribution is 2.36. The van der Waals surface area contributed by atoms with Crippen LogP contribution >= 0.6 is 15.9 Å². The second-order valence-electron chi connectivity index (χ2n) is 5.97. The van der Waals surface area contributed by atoms with E-state index < -0.39 is 5.56 Å². The Hall–Kier alpha value is -4.15.